The highest BCUT2D eigenvalue weighted by Crippen LogP contribution is 2.38. The summed E-state index contributed by atoms with van der Waals surface area (Å²) in [6.45, 7) is 7.11. The molecule has 1 fully saturated rings. The van der Waals surface area contributed by atoms with E-state index in [1.165, 1.54) is 16.7 Å². The summed E-state index contributed by atoms with van der Waals surface area (Å²) in [7, 11) is 0. The van der Waals surface area contributed by atoms with Gasteiger partial charge in [-0.1, -0.05) is 53.6 Å². The smallest absolute Gasteiger partial charge is 0.121 e. The second kappa shape index (κ2) is 10.9. The number of ether oxygens (including phenoxy) is 1. The Morgan fingerprint density at radius 2 is 1.82 bits per heavy atom. The fourth-order valence-electron chi connectivity index (χ4n) is 4.54. The van der Waals surface area contributed by atoms with Gasteiger partial charge in [0.15, 0.2) is 0 Å². The topological polar surface area (TPSA) is 59.7 Å². The zero-order chi connectivity index (χ0) is 24.1. The molecule has 2 atom stereocenters. The maximum Gasteiger partial charge on any atom is 0.121 e. The highest BCUT2D eigenvalue weighted by molar-refractivity contribution is 6.33. The molecule has 176 valence electrons. The van der Waals surface area contributed by atoms with Crippen molar-refractivity contribution in [3.8, 4) is 11.8 Å². The van der Waals surface area contributed by atoms with E-state index in [2.05, 4.69) is 66.1 Å². The third kappa shape index (κ3) is 5.37. The lowest BCUT2D eigenvalue weighted by atomic mass is 9.97. The number of nitriles is 1. The standard InChI is InChI=1S/C28H30ClN3O2/c1-20-3-7-24(8-4-20)28-19-31(21(2)23-9-5-22(18-30)6-10-23)13-14-32(28)27-12-11-25(17-26(27)29)34-16-15-33/h3-12,17,21,28,33H,13-16,19H2,1-2H3/t21-,28+/m1/s1. The predicted octanol–water partition coefficient (Wildman–Crippen LogP) is 5.52. The third-order valence-corrected chi connectivity index (χ3v) is 6.84. The Labute approximate surface area is 206 Å². The molecule has 6 heteroatoms. The SMILES string of the molecule is Cc1ccc([C@@H]2CN([C@H](C)c3ccc(C#N)cc3)CCN2c2ccc(OCCO)cc2Cl)cc1. The molecular weight excluding hydrogens is 446 g/mol. The number of piperazine rings is 1. The number of aliphatic hydroxyl groups excluding tert-OH is 1. The van der Waals surface area contributed by atoms with Gasteiger partial charge in [0, 0.05) is 31.7 Å². The molecule has 34 heavy (non-hydrogen) atoms. The molecule has 0 bridgehead atoms. The molecule has 1 N–H and O–H groups in total. The van der Waals surface area contributed by atoms with Crippen molar-refractivity contribution >= 4 is 17.3 Å². The zero-order valence-electron chi connectivity index (χ0n) is 19.6. The Morgan fingerprint density at radius 1 is 1.09 bits per heavy atom. The van der Waals surface area contributed by atoms with E-state index < -0.39 is 0 Å². The van der Waals surface area contributed by atoms with Crippen molar-refractivity contribution in [2.24, 2.45) is 0 Å². The predicted molar refractivity (Wildman–Crippen MR) is 136 cm³/mol. The van der Waals surface area contributed by atoms with Crippen LogP contribution >= 0.6 is 11.6 Å². The number of hydrogen-bond donors (Lipinski definition) is 1. The molecule has 0 unspecified atom stereocenters. The maximum absolute atomic E-state index is 9.12. The Hall–Kier alpha value is -3.04. The van der Waals surface area contributed by atoms with Crippen LogP contribution in [0, 0.1) is 18.3 Å². The van der Waals surface area contributed by atoms with Crippen LogP contribution in [0.4, 0.5) is 5.69 Å². The molecule has 3 aromatic carbocycles. The van der Waals surface area contributed by atoms with Crippen LogP contribution in [0.3, 0.4) is 0 Å². The average Bonchev–Trinajstić information content (AvgIpc) is 2.87. The summed E-state index contributed by atoms with van der Waals surface area (Å²) in [6.07, 6.45) is 0. The number of nitrogens with zero attached hydrogens (tertiary/aromatic N) is 3. The number of rotatable bonds is 7. The van der Waals surface area contributed by atoms with Gasteiger partial charge in [0.05, 0.1) is 35.0 Å². The van der Waals surface area contributed by atoms with Crippen molar-refractivity contribution in [3.63, 3.8) is 0 Å². The quantitative estimate of drug-likeness (QED) is 0.487. The average molecular weight is 476 g/mol. The maximum atomic E-state index is 9.12. The molecular formula is C28H30ClN3O2. The van der Waals surface area contributed by atoms with E-state index in [1.54, 1.807) is 0 Å². The van der Waals surface area contributed by atoms with Gasteiger partial charge in [-0.05, 0) is 49.2 Å². The first-order valence-corrected chi connectivity index (χ1v) is 12.0. The van der Waals surface area contributed by atoms with Crippen LogP contribution in [0.1, 0.15) is 41.3 Å². The van der Waals surface area contributed by atoms with Gasteiger partial charge < -0.3 is 14.7 Å². The second-order valence-corrected chi connectivity index (χ2v) is 9.12. The van der Waals surface area contributed by atoms with Gasteiger partial charge in [0.2, 0.25) is 0 Å². The molecule has 0 saturated carbocycles. The Bertz CT molecular complexity index is 1140. The minimum atomic E-state index is -0.0335. The third-order valence-electron chi connectivity index (χ3n) is 6.53. The van der Waals surface area contributed by atoms with Crippen LogP contribution in [-0.2, 0) is 0 Å². The Kier molecular flexibility index (Phi) is 7.74. The van der Waals surface area contributed by atoms with Crippen molar-refractivity contribution < 1.29 is 9.84 Å². The highest BCUT2D eigenvalue weighted by Gasteiger charge is 2.32. The molecule has 1 aliphatic rings. The van der Waals surface area contributed by atoms with Gasteiger partial charge in [-0.2, -0.15) is 5.26 Å². The molecule has 5 nitrogen and oxygen atoms in total. The van der Waals surface area contributed by atoms with E-state index in [4.69, 9.17) is 26.7 Å². The van der Waals surface area contributed by atoms with Crippen LogP contribution in [0.15, 0.2) is 66.7 Å². The molecule has 0 aromatic heterocycles. The Balaban J connectivity index is 1.61. The number of halogens is 1. The summed E-state index contributed by atoms with van der Waals surface area (Å²) in [5.41, 5.74) is 5.35. The van der Waals surface area contributed by atoms with Crippen LogP contribution < -0.4 is 9.64 Å². The lowest BCUT2D eigenvalue weighted by Gasteiger charge is -2.45. The van der Waals surface area contributed by atoms with Gasteiger partial charge in [0.1, 0.15) is 12.4 Å². The van der Waals surface area contributed by atoms with E-state index in [0.29, 0.717) is 16.3 Å². The first-order chi connectivity index (χ1) is 16.5. The van der Waals surface area contributed by atoms with Gasteiger partial charge in [0.25, 0.3) is 0 Å². The lowest BCUT2D eigenvalue weighted by molar-refractivity contribution is 0.171. The van der Waals surface area contributed by atoms with Gasteiger partial charge >= 0.3 is 0 Å². The van der Waals surface area contributed by atoms with Crippen LogP contribution in [-0.4, -0.2) is 42.9 Å². The van der Waals surface area contributed by atoms with Crippen LogP contribution in [0.2, 0.25) is 5.02 Å². The molecule has 1 heterocycles. The van der Waals surface area contributed by atoms with Gasteiger partial charge in [-0.3, -0.25) is 4.90 Å². The second-order valence-electron chi connectivity index (χ2n) is 8.71. The fraction of sp³-hybridized carbons (Fsp3) is 0.321. The number of benzene rings is 3. The zero-order valence-corrected chi connectivity index (χ0v) is 20.4. The van der Waals surface area contributed by atoms with Crippen LogP contribution in [0.5, 0.6) is 5.75 Å². The molecule has 1 saturated heterocycles. The van der Waals surface area contributed by atoms with E-state index in [-0.39, 0.29) is 25.3 Å². The number of aliphatic hydroxyl groups is 1. The van der Waals surface area contributed by atoms with E-state index in [1.807, 2.05) is 30.3 Å². The van der Waals surface area contributed by atoms with E-state index in [0.717, 1.165) is 25.3 Å². The Morgan fingerprint density at radius 3 is 2.47 bits per heavy atom. The highest BCUT2D eigenvalue weighted by atomic mass is 35.5. The van der Waals surface area contributed by atoms with Crippen molar-refractivity contribution in [3.05, 3.63) is 94.0 Å². The minimum Gasteiger partial charge on any atom is -0.491 e. The molecule has 0 radical (unpaired) electrons. The van der Waals surface area contributed by atoms with Crippen molar-refractivity contribution in [2.75, 3.05) is 37.7 Å². The molecule has 3 aromatic rings. The lowest BCUT2D eigenvalue weighted by Crippen LogP contribution is -2.49. The summed E-state index contributed by atoms with van der Waals surface area (Å²) in [5.74, 6) is 0.655. The summed E-state index contributed by atoms with van der Waals surface area (Å²) in [5, 5.41) is 18.8. The normalized spacial score (nSPS) is 17.3. The summed E-state index contributed by atoms with van der Waals surface area (Å²) in [6, 6.07) is 24.9. The molecule has 4 rings (SSSR count). The summed E-state index contributed by atoms with van der Waals surface area (Å²) >= 11 is 6.72. The number of aryl methyl sites for hydroxylation is 1. The first kappa shape index (κ1) is 24.1. The van der Waals surface area contributed by atoms with Gasteiger partial charge in [-0.25, -0.2) is 0 Å². The van der Waals surface area contributed by atoms with Crippen molar-refractivity contribution in [1.29, 1.82) is 5.26 Å². The minimum absolute atomic E-state index is 0.0335. The van der Waals surface area contributed by atoms with Crippen molar-refractivity contribution in [1.82, 2.24) is 4.90 Å². The largest absolute Gasteiger partial charge is 0.491 e. The molecule has 0 spiro atoms. The van der Waals surface area contributed by atoms with Crippen molar-refractivity contribution in [2.45, 2.75) is 25.9 Å². The monoisotopic (exact) mass is 475 g/mol. The fourth-order valence-corrected chi connectivity index (χ4v) is 4.82. The summed E-state index contributed by atoms with van der Waals surface area (Å²) in [4.78, 5) is 4.87. The van der Waals surface area contributed by atoms with E-state index >= 15 is 0 Å². The number of anilines is 1. The van der Waals surface area contributed by atoms with E-state index in [9.17, 15) is 0 Å². The summed E-state index contributed by atoms with van der Waals surface area (Å²) < 4.78 is 5.54. The van der Waals surface area contributed by atoms with Gasteiger partial charge in [-0.15, -0.1) is 0 Å². The number of hydrogen-bond acceptors (Lipinski definition) is 5. The molecule has 0 aliphatic carbocycles. The first-order valence-electron chi connectivity index (χ1n) is 11.6. The molecule has 1 aliphatic heterocycles. The molecule has 0 amide bonds. The van der Waals surface area contributed by atoms with Crippen LogP contribution in [0.25, 0.3) is 0 Å².